The van der Waals surface area contributed by atoms with Crippen molar-refractivity contribution in [3.63, 3.8) is 0 Å². The minimum atomic E-state index is 0.449. The first-order chi connectivity index (χ1) is 8.26. The van der Waals surface area contributed by atoms with Crippen molar-refractivity contribution < 1.29 is 0 Å². The molecule has 0 amide bonds. The number of aryl methyl sites for hydroxylation is 1. The molecule has 17 heavy (non-hydrogen) atoms. The van der Waals surface area contributed by atoms with Gasteiger partial charge in [0.1, 0.15) is 5.01 Å². The maximum Gasteiger partial charge on any atom is 0.123 e. The van der Waals surface area contributed by atoms with Crippen molar-refractivity contribution in [1.29, 1.82) is 0 Å². The van der Waals surface area contributed by atoms with E-state index in [1.165, 1.54) is 10.4 Å². The van der Waals surface area contributed by atoms with Crippen molar-refractivity contribution >= 4 is 11.3 Å². The molecule has 3 heteroatoms. The van der Waals surface area contributed by atoms with E-state index in [1.54, 1.807) is 11.3 Å². The fourth-order valence-electron chi connectivity index (χ4n) is 1.95. The second kappa shape index (κ2) is 5.43. The van der Waals surface area contributed by atoms with Crippen molar-refractivity contribution in [2.24, 2.45) is 5.73 Å². The van der Waals surface area contributed by atoms with Crippen LogP contribution in [0.5, 0.6) is 0 Å². The van der Waals surface area contributed by atoms with Crippen LogP contribution in [0.2, 0.25) is 0 Å². The van der Waals surface area contributed by atoms with Crippen LogP contribution in [0.15, 0.2) is 30.3 Å². The summed E-state index contributed by atoms with van der Waals surface area (Å²) in [5, 5.41) is 1.10. The van der Waals surface area contributed by atoms with Gasteiger partial charge < -0.3 is 5.73 Å². The van der Waals surface area contributed by atoms with Crippen molar-refractivity contribution in [3.05, 3.63) is 40.9 Å². The number of nitrogens with zero attached hydrogens (tertiary/aromatic N) is 1. The predicted molar refractivity (Wildman–Crippen MR) is 74.4 cm³/mol. The molecule has 2 rings (SSSR count). The van der Waals surface area contributed by atoms with E-state index in [0.29, 0.717) is 12.5 Å². The first-order valence-corrected chi connectivity index (χ1v) is 6.80. The minimum Gasteiger partial charge on any atom is -0.330 e. The molecule has 1 aromatic carbocycles. The normalized spacial score (nSPS) is 12.6. The van der Waals surface area contributed by atoms with Gasteiger partial charge in [-0.15, -0.1) is 11.3 Å². The lowest BCUT2D eigenvalue weighted by Crippen LogP contribution is -2.11. The second-order valence-electron chi connectivity index (χ2n) is 4.18. The molecule has 2 nitrogen and oxygen atoms in total. The highest BCUT2D eigenvalue weighted by atomic mass is 32.1. The van der Waals surface area contributed by atoms with E-state index in [1.807, 2.05) is 18.2 Å². The van der Waals surface area contributed by atoms with Gasteiger partial charge in [-0.25, -0.2) is 4.98 Å². The summed E-state index contributed by atoms with van der Waals surface area (Å²) in [4.78, 5) is 6.00. The van der Waals surface area contributed by atoms with Gasteiger partial charge in [-0.1, -0.05) is 37.3 Å². The average molecular weight is 246 g/mol. The van der Waals surface area contributed by atoms with Crippen LogP contribution in [0, 0.1) is 6.92 Å². The van der Waals surface area contributed by atoms with E-state index in [9.17, 15) is 0 Å². The lowest BCUT2D eigenvalue weighted by molar-refractivity contribution is 0.680. The van der Waals surface area contributed by atoms with E-state index in [0.717, 1.165) is 17.1 Å². The summed E-state index contributed by atoms with van der Waals surface area (Å²) in [5.41, 5.74) is 8.13. The van der Waals surface area contributed by atoms with Gasteiger partial charge in [-0.2, -0.15) is 0 Å². The Balaban J connectivity index is 2.37. The summed E-state index contributed by atoms with van der Waals surface area (Å²) in [6.07, 6.45) is 1.08. The van der Waals surface area contributed by atoms with Crippen LogP contribution in [0.25, 0.3) is 10.6 Å². The SMILES string of the molecule is CCC(CN)c1sc(-c2ccccc2)nc1C. The number of nitrogens with two attached hydrogens (primary N) is 1. The Hall–Kier alpha value is -1.19. The van der Waals surface area contributed by atoms with Gasteiger partial charge in [0, 0.05) is 22.9 Å². The molecule has 0 aliphatic rings. The minimum absolute atomic E-state index is 0.449. The Morgan fingerprint density at radius 2 is 2.00 bits per heavy atom. The van der Waals surface area contributed by atoms with E-state index in [4.69, 9.17) is 5.73 Å². The standard InChI is InChI=1S/C14H18N2S/c1-3-11(9-15)13-10(2)16-14(17-13)12-7-5-4-6-8-12/h4-8,11H,3,9,15H2,1-2H3. The summed E-state index contributed by atoms with van der Waals surface area (Å²) in [6.45, 7) is 4.96. The first kappa shape index (κ1) is 12.3. The van der Waals surface area contributed by atoms with Gasteiger partial charge >= 0.3 is 0 Å². The summed E-state index contributed by atoms with van der Waals surface area (Å²) in [6, 6.07) is 10.3. The van der Waals surface area contributed by atoms with Gasteiger partial charge in [0.05, 0.1) is 5.69 Å². The topological polar surface area (TPSA) is 38.9 Å². The van der Waals surface area contributed by atoms with E-state index < -0.39 is 0 Å². The van der Waals surface area contributed by atoms with Crippen LogP contribution in [-0.4, -0.2) is 11.5 Å². The summed E-state index contributed by atoms with van der Waals surface area (Å²) < 4.78 is 0. The number of rotatable bonds is 4. The lowest BCUT2D eigenvalue weighted by Gasteiger charge is -2.09. The zero-order valence-electron chi connectivity index (χ0n) is 10.3. The quantitative estimate of drug-likeness (QED) is 0.895. The smallest absolute Gasteiger partial charge is 0.123 e. The van der Waals surface area contributed by atoms with Gasteiger partial charge in [-0.3, -0.25) is 0 Å². The fraction of sp³-hybridized carbons (Fsp3) is 0.357. The molecule has 0 radical (unpaired) electrons. The number of thiazole rings is 1. The average Bonchev–Trinajstić information content (AvgIpc) is 2.75. The highest BCUT2D eigenvalue weighted by molar-refractivity contribution is 7.15. The predicted octanol–water partition coefficient (Wildman–Crippen LogP) is 3.57. The Labute approximate surface area is 107 Å². The lowest BCUT2D eigenvalue weighted by atomic mass is 10.0. The van der Waals surface area contributed by atoms with Crippen LogP contribution in [0.4, 0.5) is 0 Å². The third-order valence-electron chi connectivity index (χ3n) is 3.00. The number of benzene rings is 1. The van der Waals surface area contributed by atoms with Crippen LogP contribution in [0.3, 0.4) is 0 Å². The number of hydrogen-bond donors (Lipinski definition) is 1. The zero-order chi connectivity index (χ0) is 12.3. The number of aromatic nitrogens is 1. The molecule has 90 valence electrons. The van der Waals surface area contributed by atoms with Crippen molar-refractivity contribution in [2.75, 3.05) is 6.54 Å². The van der Waals surface area contributed by atoms with E-state index in [-0.39, 0.29) is 0 Å². The molecule has 0 fully saturated rings. The van der Waals surface area contributed by atoms with Gasteiger partial charge in [0.2, 0.25) is 0 Å². The molecule has 0 bridgehead atoms. The third-order valence-corrected chi connectivity index (χ3v) is 4.37. The van der Waals surface area contributed by atoms with Crippen LogP contribution in [-0.2, 0) is 0 Å². The highest BCUT2D eigenvalue weighted by Crippen LogP contribution is 2.33. The number of hydrogen-bond acceptors (Lipinski definition) is 3. The second-order valence-corrected chi connectivity index (χ2v) is 5.21. The highest BCUT2D eigenvalue weighted by Gasteiger charge is 2.16. The fourth-order valence-corrected chi connectivity index (χ4v) is 3.22. The van der Waals surface area contributed by atoms with Crippen LogP contribution in [0.1, 0.15) is 29.8 Å². The largest absolute Gasteiger partial charge is 0.330 e. The van der Waals surface area contributed by atoms with Gasteiger partial charge in [0.15, 0.2) is 0 Å². The molecular formula is C14H18N2S. The monoisotopic (exact) mass is 246 g/mol. The molecule has 1 heterocycles. The molecule has 1 unspecified atom stereocenters. The Kier molecular flexibility index (Phi) is 3.92. The summed E-state index contributed by atoms with van der Waals surface area (Å²) in [5.74, 6) is 0.449. The van der Waals surface area contributed by atoms with E-state index in [2.05, 4.69) is 31.0 Å². The van der Waals surface area contributed by atoms with Crippen molar-refractivity contribution in [3.8, 4) is 10.6 Å². The van der Waals surface area contributed by atoms with Gasteiger partial charge in [0.25, 0.3) is 0 Å². The van der Waals surface area contributed by atoms with Crippen LogP contribution >= 0.6 is 11.3 Å². The first-order valence-electron chi connectivity index (χ1n) is 5.99. The molecule has 1 atom stereocenters. The van der Waals surface area contributed by atoms with Crippen molar-refractivity contribution in [1.82, 2.24) is 4.98 Å². The Morgan fingerprint density at radius 3 is 2.59 bits per heavy atom. The zero-order valence-corrected chi connectivity index (χ0v) is 11.1. The molecule has 0 aliphatic heterocycles. The van der Waals surface area contributed by atoms with Gasteiger partial charge in [-0.05, 0) is 13.3 Å². The van der Waals surface area contributed by atoms with Crippen LogP contribution < -0.4 is 5.73 Å². The molecule has 2 N–H and O–H groups in total. The third kappa shape index (κ3) is 2.56. The molecule has 2 aromatic rings. The Bertz CT molecular complexity index is 472. The molecule has 0 saturated heterocycles. The molecule has 0 aliphatic carbocycles. The molecule has 0 spiro atoms. The Morgan fingerprint density at radius 1 is 1.29 bits per heavy atom. The maximum absolute atomic E-state index is 5.81. The molecular weight excluding hydrogens is 228 g/mol. The van der Waals surface area contributed by atoms with Crippen molar-refractivity contribution in [2.45, 2.75) is 26.2 Å². The summed E-state index contributed by atoms with van der Waals surface area (Å²) >= 11 is 1.78. The maximum atomic E-state index is 5.81. The molecule has 0 saturated carbocycles. The molecule has 1 aromatic heterocycles. The van der Waals surface area contributed by atoms with E-state index >= 15 is 0 Å². The summed E-state index contributed by atoms with van der Waals surface area (Å²) in [7, 11) is 0.